The molecule has 3 heterocycles. The maximum absolute atomic E-state index is 13.7. The third-order valence-corrected chi connectivity index (χ3v) is 8.55. The van der Waals surface area contributed by atoms with E-state index in [0.717, 1.165) is 35.1 Å². The monoisotopic (exact) mass is 641 g/mol. The summed E-state index contributed by atoms with van der Waals surface area (Å²) >= 11 is 0. The lowest BCUT2D eigenvalue weighted by atomic mass is 9.99. The summed E-state index contributed by atoms with van der Waals surface area (Å²) < 4.78 is 18.3. The molecule has 242 valence electrons. The average Bonchev–Trinajstić information content (AvgIpc) is 3.13. The Morgan fingerprint density at radius 3 is 2.27 bits per heavy atom. The molecule has 0 radical (unpaired) electrons. The fraction of sp³-hybridized carbons (Fsp3) is 0.211. The molecule has 6 rings (SSSR count). The zero-order chi connectivity index (χ0) is 33.6. The van der Waals surface area contributed by atoms with Gasteiger partial charge in [0.2, 0.25) is 5.43 Å². The van der Waals surface area contributed by atoms with E-state index >= 15 is 0 Å². The number of nitriles is 1. The number of benzene rings is 3. The van der Waals surface area contributed by atoms with E-state index in [2.05, 4.69) is 16.4 Å². The number of nitrogens with zero attached hydrogens (tertiary/aromatic N) is 3. The summed E-state index contributed by atoms with van der Waals surface area (Å²) in [6.07, 6.45) is 6.93. The zero-order valence-electron chi connectivity index (χ0n) is 26.7. The lowest BCUT2D eigenvalue weighted by Gasteiger charge is -2.23. The predicted octanol–water partition coefficient (Wildman–Crippen LogP) is 6.39. The van der Waals surface area contributed by atoms with Gasteiger partial charge in [-0.15, -0.1) is 0 Å². The van der Waals surface area contributed by atoms with Crippen LogP contribution in [0.3, 0.4) is 0 Å². The molecule has 10 heteroatoms. The molecule has 0 unspecified atom stereocenters. The minimum atomic E-state index is -0.513. The number of carbonyl (C=O) groups is 1. The number of nitrogens with one attached hydrogen (secondary N) is 1. The molecule has 0 atom stereocenters. The molecule has 3 N–H and O–H groups in total. The van der Waals surface area contributed by atoms with Crippen molar-refractivity contribution >= 4 is 17.4 Å². The molecular formula is C38H35N5O5. The van der Waals surface area contributed by atoms with Crippen molar-refractivity contribution in [3.8, 4) is 50.9 Å². The van der Waals surface area contributed by atoms with E-state index in [1.165, 1.54) is 0 Å². The van der Waals surface area contributed by atoms with Gasteiger partial charge >= 0.3 is 0 Å². The second-order valence-electron chi connectivity index (χ2n) is 11.6. The SMILES string of the molecule is COc1ccc(-c2cnc(N)c(-c3ccc(NC(=O)c4cn(CC5CCOCC5)cc(-c5ccc(C#N)cc5)c4=O)cc3)c2)cc1OC. The molecule has 1 amide bonds. The topological polar surface area (TPSA) is 141 Å². The highest BCUT2D eigenvalue weighted by Gasteiger charge is 2.20. The van der Waals surface area contributed by atoms with Crippen LogP contribution in [-0.2, 0) is 11.3 Å². The van der Waals surface area contributed by atoms with E-state index in [4.69, 9.17) is 19.9 Å². The molecule has 3 aromatic carbocycles. The molecular weight excluding hydrogens is 606 g/mol. The Labute approximate surface area is 278 Å². The smallest absolute Gasteiger partial charge is 0.261 e. The summed E-state index contributed by atoms with van der Waals surface area (Å²) in [6.45, 7) is 2.04. The highest BCUT2D eigenvalue weighted by Crippen LogP contribution is 2.35. The molecule has 48 heavy (non-hydrogen) atoms. The van der Waals surface area contributed by atoms with Crippen molar-refractivity contribution in [2.24, 2.45) is 5.92 Å². The second kappa shape index (κ2) is 14.2. The number of amides is 1. The van der Waals surface area contributed by atoms with Crippen molar-refractivity contribution in [2.75, 3.05) is 38.5 Å². The first-order valence-corrected chi connectivity index (χ1v) is 15.6. The number of hydrogen-bond acceptors (Lipinski definition) is 8. The zero-order valence-corrected chi connectivity index (χ0v) is 26.7. The Balaban J connectivity index is 1.27. The number of nitrogen functional groups attached to an aromatic ring is 1. The van der Waals surface area contributed by atoms with E-state index in [1.807, 2.05) is 41.0 Å². The van der Waals surface area contributed by atoms with Crippen LogP contribution in [0.15, 0.2) is 96.2 Å². The van der Waals surface area contributed by atoms with Gasteiger partial charge in [0.15, 0.2) is 11.5 Å². The van der Waals surface area contributed by atoms with Crippen molar-refractivity contribution < 1.29 is 19.0 Å². The first kappa shape index (κ1) is 32.0. The van der Waals surface area contributed by atoms with Gasteiger partial charge in [-0.3, -0.25) is 9.59 Å². The highest BCUT2D eigenvalue weighted by molar-refractivity contribution is 6.04. The number of rotatable bonds is 9. The molecule has 1 aliphatic heterocycles. The molecule has 10 nitrogen and oxygen atoms in total. The second-order valence-corrected chi connectivity index (χ2v) is 11.6. The van der Waals surface area contributed by atoms with Gasteiger partial charge in [-0.05, 0) is 77.9 Å². The lowest BCUT2D eigenvalue weighted by molar-refractivity contribution is 0.0612. The Morgan fingerprint density at radius 2 is 1.58 bits per heavy atom. The Kier molecular flexibility index (Phi) is 9.50. The van der Waals surface area contributed by atoms with Crippen molar-refractivity contribution in [3.63, 3.8) is 0 Å². The fourth-order valence-corrected chi connectivity index (χ4v) is 5.87. The number of ether oxygens (including phenoxy) is 3. The number of carbonyl (C=O) groups excluding carboxylic acids is 1. The number of methoxy groups -OCH3 is 2. The van der Waals surface area contributed by atoms with Crippen LogP contribution < -0.4 is 26.0 Å². The summed E-state index contributed by atoms with van der Waals surface area (Å²) in [5.41, 5.74) is 11.2. The van der Waals surface area contributed by atoms with Gasteiger partial charge in [0.05, 0.1) is 25.9 Å². The molecule has 0 bridgehead atoms. The Bertz CT molecular complexity index is 2040. The Morgan fingerprint density at radius 1 is 0.917 bits per heavy atom. The van der Waals surface area contributed by atoms with Gasteiger partial charge in [0.1, 0.15) is 11.4 Å². The first-order valence-electron chi connectivity index (χ1n) is 15.6. The first-order chi connectivity index (χ1) is 23.4. The van der Waals surface area contributed by atoms with Crippen LogP contribution in [0.25, 0.3) is 33.4 Å². The number of anilines is 2. The van der Waals surface area contributed by atoms with E-state index in [1.54, 1.807) is 69.2 Å². The van der Waals surface area contributed by atoms with Crippen molar-refractivity contribution in [3.05, 3.63) is 113 Å². The molecule has 5 aromatic rings. The third kappa shape index (κ3) is 6.92. The molecule has 0 aliphatic carbocycles. The molecule has 0 saturated carbocycles. The summed E-state index contributed by atoms with van der Waals surface area (Å²) in [4.78, 5) is 31.8. The lowest BCUT2D eigenvalue weighted by Crippen LogP contribution is -2.26. The normalized spacial score (nSPS) is 13.0. The largest absolute Gasteiger partial charge is 0.493 e. The molecule has 0 spiro atoms. The van der Waals surface area contributed by atoms with Crippen molar-refractivity contribution in [1.29, 1.82) is 5.26 Å². The van der Waals surface area contributed by atoms with Gasteiger partial charge < -0.3 is 29.8 Å². The van der Waals surface area contributed by atoms with Crippen LogP contribution in [0.5, 0.6) is 11.5 Å². The quantitative estimate of drug-likeness (QED) is 0.189. The van der Waals surface area contributed by atoms with E-state index in [-0.39, 0.29) is 11.0 Å². The van der Waals surface area contributed by atoms with Gasteiger partial charge in [0.25, 0.3) is 5.91 Å². The summed E-state index contributed by atoms with van der Waals surface area (Å²) in [5.74, 6) is 1.44. The maximum Gasteiger partial charge on any atom is 0.261 e. The van der Waals surface area contributed by atoms with Crippen LogP contribution in [-0.4, -0.2) is 42.9 Å². The highest BCUT2D eigenvalue weighted by atomic mass is 16.5. The number of nitrogens with two attached hydrogens (primary N) is 1. The van der Waals surface area contributed by atoms with E-state index in [9.17, 15) is 14.9 Å². The third-order valence-electron chi connectivity index (χ3n) is 8.55. The summed E-state index contributed by atoms with van der Waals surface area (Å²) in [7, 11) is 3.18. The van der Waals surface area contributed by atoms with E-state index < -0.39 is 5.91 Å². The van der Waals surface area contributed by atoms with Crippen molar-refractivity contribution in [1.82, 2.24) is 9.55 Å². The fourth-order valence-electron chi connectivity index (χ4n) is 5.87. The minimum absolute atomic E-state index is 0.0315. The van der Waals surface area contributed by atoms with E-state index in [0.29, 0.717) is 65.4 Å². The van der Waals surface area contributed by atoms with Crippen LogP contribution in [0.2, 0.25) is 0 Å². The molecule has 1 saturated heterocycles. The standard InChI is InChI=1S/C38H35N5O5/c1-46-34-12-9-28(18-35(34)47-2)29-17-31(37(40)41-20-29)26-7-10-30(11-8-26)42-38(45)33-23-43(21-25-13-15-48-16-14-25)22-32(36(33)44)27-5-3-24(19-39)4-6-27/h3-12,17-18,20,22-23,25H,13-16,21H2,1-2H3,(H2,40,41)(H,42,45). The van der Waals surface area contributed by atoms with Crippen LogP contribution in [0.4, 0.5) is 11.5 Å². The molecule has 2 aromatic heterocycles. The predicted molar refractivity (Wildman–Crippen MR) is 185 cm³/mol. The minimum Gasteiger partial charge on any atom is -0.493 e. The van der Waals surface area contributed by atoms with Gasteiger partial charge in [0, 0.05) is 60.7 Å². The average molecular weight is 642 g/mol. The molecule has 1 aliphatic rings. The summed E-state index contributed by atoms with van der Waals surface area (Å²) in [5, 5.41) is 12.1. The van der Waals surface area contributed by atoms with Gasteiger partial charge in [-0.2, -0.15) is 5.26 Å². The number of hydrogen-bond donors (Lipinski definition) is 2. The molecule has 1 fully saturated rings. The Hall–Kier alpha value is -5.92. The summed E-state index contributed by atoms with van der Waals surface area (Å²) in [6, 6.07) is 23.7. The van der Waals surface area contributed by atoms with Crippen LogP contribution >= 0.6 is 0 Å². The van der Waals surface area contributed by atoms with Crippen molar-refractivity contribution in [2.45, 2.75) is 19.4 Å². The maximum atomic E-state index is 13.7. The van der Waals surface area contributed by atoms with Crippen LogP contribution in [0.1, 0.15) is 28.8 Å². The van der Waals surface area contributed by atoms with Gasteiger partial charge in [-0.1, -0.05) is 30.3 Å². The number of aromatic nitrogens is 2. The van der Waals surface area contributed by atoms with Crippen LogP contribution in [0, 0.1) is 17.2 Å². The van der Waals surface area contributed by atoms with Gasteiger partial charge in [-0.25, -0.2) is 4.98 Å². The number of pyridine rings is 2.